The van der Waals surface area contributed by atoms with Crippen molar-refractivity contribution in [1.82, 2.24) is 19.6 Å². The predicted octanol–water partition coefficient (Wildman–Crippen LogP) is 1.14. The maximum absolute atomic E-state index is 12.9. The monoisotopic (exact) mass is 463 g/mol. The second-order valence-corrected chi connectivity index (χ2v) is 10.7. The molecule has 0 bridgehead atoms. The van der Waals surface area contributed by atoms with Gasteiger partial charge in [-0.25, -0.2) is 0 Å². The number of hydrogen-bond donors (Lipinski definition) is 1. The minimum absolute atomic E-state index is 0.152. The lowest BCUT2D eigenvalue weighted by atomic mass is 9.83. The van der Waals surface area contributed by atoms with E-state index in [-0.39, 0.29) is 30.1 Å². The molecule has 0 aromatic carbocycles. The van der Waals surface area contributed by atoms with Crippen molar-refractivity contribution < 1.29 is 14.3 Å². The first kappa shape index (κ1) is 24.9. The summed E-state index contributed by atoms with van der Waals surface area (Å²) in [5.74, 6) is 0.790. The standard InChI is InChI=1S/C25H45N5O3/c1-27-15-17-29(18-16-27)23(31)19-28-11-7-21(8-12-28)33-22-9-13-30(14-10-22)25(32)24(26)20-5-3-2-4-6-20/h20-22,24H,2-19,26H2,1H3. The van der Waals surface area contributed by atoms with E-state index in [1.165, 1.54) is 19.3 Å². The number of rotatable bonds is 6. The highest BCUT2D eigenvalue weighted by Crippen LogP contribution is 2.27. The lowest BCUT2D eigenvalue weighted by Gasteiger charge is -2.39. The van der Waals surface area contributed by atoms with E-state index < -0.39 is 0 Å². The van der Waals surface area contributed by atoms with E-state index >= 15 is 0 Å². The number of piperazine rings is 1. The van der Waals surface area contributed by atoms with Crippen molar-refractivity contribution in [3.63, 3.8) is 0 Å². The summed E-state index contributed by atoms with van der Waals surface area (Å²) in [5.41, 5.74) is 6.35. The Morgan fingerprint density at radius 3 is 1.97 bits per heavy atom. The summed E-state index contributed by atoms with van der Waals surface area (Å²) in [6.07, 6.45) is 10.2. The zero-order valence-corrected chi connectivity index (χ0v) is 20.6. The van der Waals surface area contributed by atoms with E-state index in [1.54, 1.807) is 0 Å². The Bertz CT molecular complexity index is 632. The molecule has 4 fully saturated rings. The highest BCUT2D eigenvalue weighted by atomic mass is 16.5. The third-order valence-corrected chi connectivity index (χ3v) is 8.33. The molecule has 8 nitrogen and oxygen atoms in total. The average Bonchev–Trinajstić information content (AvgIpc) is 2.86. The number of nitrogens with two attached hydrogens (primary N) is 1. The predicted molar refractivity (Wildman–Crippen MR) is 129 cm³/mol. The molecule has 8 heteroatoms. The SMILES string of the molecule is CN1CCN(C(=O)CN2CCC(OC3CCN(C(=O)C(N)C4CCCCC4)CC3)CC2)CC1. The third-order valence-electron chi connectivity index (χ3n) is 8.33. The van der Waals surface area contributed by atoms with Gasteiger partial charge in [0.2, 0.25) is 11.8 Å². The summed E-state index contributed by atoms with van der Waals surface area (Å²) < 4.78 is 6.42. The lowest BCUT2D eigenvalue weighted by molar-refractivity contribution is -0.139. The molecular weight excluding hydrogens is 418 g/mol. The van der Waals surface area contributed by atoms with Crippen LogP contribution in [0, 0.1) is 5.92 Å². The van der Waals surface area contributed by atoms with Gasteiger partial charge in [0.15, 0.2) is 0 Å². The van der Waals surface area contributed by atoms with E-state index in [0.717, 1.165) is 90.9 Å². The first-order valence-corrected chi connectivity index (χ1v) is 13.4. The van der Waals surface area contributed by atoms with E-state index in [0.29, 0.717) is 12.5 Å². The Hall–Kier alpha value is -1.22. The van der Waals surface area contributed by atoms with Crippen LogP contribution in [0.5, 0.6) is 0 Å². The van der Waals surface area contributed by atoms with Crippen LogP contribution in [0.1, 0.15) is 57.8 Å². The molecule has 33 heavy (non-hydrogen) atoms. The van der Waals surface area contributed by atoms with Gasteiger partial charge >= 0.3 is 0 Å². The van der Waals surface area contributed by atoms with Gasteiger partial charge in [-0.15, -0.1) is 0 Å². The van der Waals surface area contributed by atoms with Crippen molar-refractivity contribution in [2.75, 3.05) is 66.0 Å². The van der Waals surface area contributed by atoms with Crippen LogP contribution in [-0.4, -0.2) is 116 Å². The molecule has 1 aliphatic carbocycles. The molecule has 3 heterocycles. The fourth-order valence-electron chi connectivity index (χ4n) is 5.94. The summed E-state index contributed by atoms with van der Waals surface area (Å²) in [5, 5.41) is 0. The van der Waals surface area contributed by atoms with Crippen molar-refractivity contribution in [3.05, 3.63) is 0 Å². The fraction of sp³-hybridized carbons (Fsp3) is 0.920. The van der Waals surface area contributed by atoms with Gasteiger partial charge in [0.25, 0.3) is 0 Å². The van der Waals surface area contributed by atoms with Crippen molar-refractivity contribution in [2.24, 2.45) is 11.7 Å². The van der Waals surface area contributed by atoms with Crippen molar-refractivity contribution in [2.45, 2.75) is 76.0 Å². The molecular formula is C25H45N5O3. The second kappa shape index (κ2) is 12.0. The Labute approximate surface area is 199 Å². The molecule has 4 rings (SSSR count). The molecule has 2 amide bonds. The van der Waals surface area contributed by atoms with Crippen LogP contribution >= 0.6 is 0 Å². The molecule has 1 unspecified atom stereocenters. The fourth-order valence-corrected chi connectivity index (χ4v) is 5.94. The summed E-state index contributed by atoms with van der Waals surface area (Å²) in [4.78, 5) is 34.0. The largest absolute Gasteiger partial charge is 0.375 e. The summed E-state index contributed by atoms with van der Waals surface area (Å²) in [7, 11) is 2.11. The molecule has 4 aliphatic rings. The van der Waals surface area contributed by atoms with Crippen molar-refractivity contribution >= 4 is 11.8 Å². The lowest BCUT2D eigenvalue weighted by Crippen LogP contribution is -2.52. The number of piperidine rings is 2. The number of carbonyl (C=O) groups excluding carboxylic acids is 2. The average molecular weight is 464 g/mol. The van der Waals surface area contributed by atoms with Crippen LogP contribution in [0.2, 0.25) is 0 Å². The van der Waals surface area contributed by atoms with Crippen LogP contribution in [0.25, 0.3) is 0 Å². The highest BCUT2D eigenvalue weighted by Gasteiger charge is 2.33. The molecule has 188 valence electrons. The van der Waals surface area contributed by atoms with Crippen molar-refractivity contribution in [1.29, 1.82) is 0 Å². The van der Waals surface area contributed by atoms with Crippen LogP contribution < -0.4 is 5.73 Å². The molecule has 0 aromatic rings. The molecule has 0 radical (unpaired) electrons. The maximum atomic E-state index is 12.9. The molecule has 0 spiro atoms. The number of hydrogen-bond acceptors (Lipinski definition) is 6. The van der Waals surface area contributed by atoms with Crippen LogP contribution in [0.3, 0.4) is 0 Å². The quantitative estimate of drug-likeness (QED) is 0.636. The minimum atomic E-state index is -0.319. The molecule has 3 aliphatic heterocycles. The second-order valence-electron chi connectivity index (χ2n) is 10.7. The van der Waals surface area contributed by atoms with Crippen LogP contribution in [-0.2, 0) is 14.3 Å². The van der Waals surface area contributed by atoms with Crippen LogP contribution in [0.4, 0.5) is 0 Å². The number of likely N-dealkylation sites (N-methyl/N-ethyl adjacent to an activating group) is 1. The normalized spacial score (nSPS) is 26.5. The summed E-state index contributed by atoms with van der Waals surface area (Å²) in [6, 6.07) is -0.319. The van der Waals surface area contributed by atoms with E-state index in [4.69, 9.17) is 10.5 Å². The molecule has 3 saturated heterocycles. The van der Waals surface area contributed by atoms with E-state index in [1.807, 2.05) is 9.80 Å². The number of ether oxygens (including phenoxy) is 1. The Kier molecular flexibility index (Phi) is 9.02. The van der Waals surface area contributed by atoms with Gasteiger partial charge in [0, 0.05) is 52.4 Å². The molecule has 1 atom stereocenters. The van der Waals surface area contributed by atoms with Gasteiger partial charge in [-0.3, -0.25) is 14.5 Å². The topological polar surface area (TPSA) is 82.3 Å². The van der Waals surface area contributed by atoms with E-state index in [2.05, 4.69) is 16.8 Å². The minimum Gasteiger partial charge on any atom is -0.375 e. The van der Waals surface area contributed by atoms with Gasteiger partial charge in [0.05, 0.1) is 24.8 Å². The first-order chi connectivity index (χ1) is 16.0. The number of likely N-dealkylation sites (tertiary alicyclic amines) is 2. The van der Waals surface area contributed by atoms with Crippen LogP contribution in [0.15, 0.2) is 0 Å². The van der Waals surface area contributed by atoms with Gasteiger partial charge in [-0.05, 0) is 51.5 Å². The third kappa shape index (κ3) is 6.90. The zero-order chi connectivity index (χ0) is 23.2. The zero-order valence-electron chi connectivity index (χ0n) is 20.6. The Morgan fingerprint density at radius 2 is 1.36 bits per heavy atom. The van der Waals surface area contributed by atoms with E-state index in [9.17, 15) is 9.59 Å². The number of amides is 2. The number of nitrogens with zero attached hydrogens (tertiary/aromatic N) is 4. The first-order valence-electron chi connectivity index (χ1n) is 13.4. The Balaban J connectivity index is 1.12. The summed E-state index contributed by atoms with van der Waals surface area (Å²) in [6.45, 7) is 7.57. The highest BCUT2D eigenvalue weighted by molar-refractivity contribution is 5.82. The van der Waals surface area contributed by atoms with Gasteiger partial charge in [-0.2, -0.15) is 0 Å². The summed E-state index contributed by atoms with van der Waals surface area (Å²) >= 11 is 0. The molecule has 2 N–H and O–H groups in total. The number of carbonyl (C=O) groups is 2. The smallest absolute Gasteiger partial charge is 0.239 e. The van der Waals surface area contributed by atoms with Gasteiger partial charge < -0.3 is 25.2 Å². The maximum Gasteiger partial charge on any atom is 0.239 e. The van der Waals surface area contributed by atoms with Crippen molar-refractivity contribution in [3.8, 4) is 0 Å². The van der Waals surface area contributed by atoms with Gasteiger partial charge in [0.1, 0.15) is 0 Å². The molecule has 0 aromatic heterocycles. The Morgan fingerprint density at radius 1 is 0.788 bits per heavy atom. The molecule has 1 saturated carbocycles. The van der Waals surface area contributed by atoms with Gasteiger partial charge in [-0.1, -0.05) is 19.3 Å².